The lowest BCUT2D eigenvalue weighted by molar-refractivity contribution is 0.103. The molecule has 4 aromatic rings. The Labute approximate surface area is 205 Å². The molecule has 0 spiro atoms. The number of thiophene rings is 1. The van der Waals surface area contributed by atoms with Crippen molar-refractivity contribution >= 4 is 60.6 Å². The Morgan fingerprint density at radius 2 is 1.73 bits per heavy atom. The summed E-state index contributed by atoms with van der Waals surface area (Å²) in [6.07, 6.45) is 1.61. The van der Waals surface area contributed by atoms with Crippen LogP contribution in [0.3, 0.4) is 0 Å². The van der Waals surface area contributed by atoms with E-state index in [-0.39, 0.29) is 5.91 Å². The fourth-order valence-corrected chi connectivity index (χ4v) is 5.86. The summed E-state index contributed by atoms with van der Waals surface area (Å²) in [7, 11) is 0. The fourth-order valence-electron chi connectivity index (χ4n) is 4.23. The summed E-state index contributed by atoms with van der Waals surface area (Å²) in [5.41, 5.74) is 4.06. The number of hydrogen-bond acceptors (Lipinski definition) is 6. The van der Waals surface area contributed by atoms with Crippen molar-refractivity contribution in [2.75, 3.05) is 41.3 Å². The number of anilines is 3. The Morgan fingerprint density at radius 1 is 1.00 bits per heavy atom. The van der Waals surface area contributed by atoms with Crippen LogP contribution >= 0.6 is 27.3 Å². The van der Waals surface area contributed by atoms with Crippen molar-refractivity contribution in [2.45, 2.75) is 13.8 Å². The van der Waals surface area contributed by atoms with Crippen LogP contribution in [0.4, 0.5) is 17.2 Å². The second kappa shape index (κ2) is 9.11. The van der Waals surface area contributed by atoms with Crippen LogP contribution in [0.1, 0.15) is 20.8 Å². The first-order chi connectivity index (χ1) is 16.0. The minimum Gasteiger partial charge on any atom is -0.368 e. The highest BCUT2D eigenvalue weighted by atomic mass is 79.9. The van der Waals surface area contributed by atoms with Crippen molar-refractivity contribution in [2.24, 2.45) is 0 Å². The molecule has 1 aliphatic heterocycles. The highest BCUT2D eigenvalue weighted by molar-refractivity contribution is 9.10. The molecule has 2 aromatic carbocycles. The molecule has 0 bridgehead atoms. The van der Waals surface area contributed by atoms with Gasteiger partial charge in [0.25, 0.3) is 5.91 Å². The van der Waals surface area contributed by atoms with E-state index in [9.17, 15) is 4.79 Å². The van der Waals surface area contributed by atoms with Gasteiger partial charge in [0.05, 0.1) is 16.0 Å². The second-order valence-corrected chi connectivity index (χ2v) is 10.0. The average molecular weight is 522 g/mol. The van der Waals surface area contributed by atoms with Crippen molar-refractivity contribution in [1.82, 2.24) is 9.97 Å². The summed E-state index contributed by atoms with van der Waals surface area (Å²) < 4.78 is 0.867. The molecule has 6 nitrogen and oxygen atoms in total. The lowest BCUT2D eigenvalue weighted by Crippen LogP contribution is -2.46. The van der Waals surface area contributed by atoms with Gasteiger partial charge in [0.2, 0.25) is 0 Å². The van der Waals surface area contributed by atoms with Gasteiger partial charge in [0, 0.05) is 36.3 Å². The smallest absolute Gasteiger partial charge is 0.266 e. The molecule has 0 saturated carbocycles. The molecule has 1 fully saturated rings. The quantitative estimate of drug-likeness (QED) is 0.376. The molecule has 0 unspecified atom stereocenters. The van der Waals surface area contributed by atoms with E-state index in [4.69, 9.17) is 0 Å². The molecule has 33 heavy (non-hydrogen) atoms. The predicted molar refractivity (Wildman–Crippen MR) is 140 cm³/mol. The van der Waals surface area contributed by atoms with Crippen LogP contribution < -0.4 is 15.1 Å². The van der Waals surface area contributed by atoms with E-state index in [0.717, 1.165) is 63.5 Å². The summed E-state index contributed by atoms with van der Waals surface area (Å²) >= 11 is 4.96. The maximum Gasteiger partial charge on any atom is 0.266 e. The maximum atomic E-state index is 13.1. The van der Waals surface area contributed by atoms with Gasteiger partial charge in [-0.2, -0.15) is 0 Å². The highest BCUT2D eigenvalue weighted by Gasteiger charge is 2.25. The normalized spacial score (nSPS) is 14.0. The Kier molecular flexibility index (Phi) is 6.03. The number of carbonyl (C=O) groups is 1. The van der Waals surface area contributed by atoms with Crippen LogP contribution in [0, 0.1) is 13.8 Å². The van der Waals surface area contributed by atoms with Crippen molar-refractivity contribution in [3.8, 4) is 0 Å². The van der Waals surface area contributed by atoms with Gasteiger partial charge in [-0.05, 0) is 65.2 Å². The van der Waals surface area contributed by atoms with Gasteiger partial charge in [-0.25, -0.2) is 9.97 Å². The van der Waals surface area contributed by atoms with E-state index in [1.807, 2.05) is 38.1 Å². The number of amides is 1. The number of benzene rings is 2. The molecular formula is C25H24BrN5OS. The van der Waals surface area contributed by atoms with Crippen molar-refractivity contribution in [3.63, 3.8) is 0 Å². The first-order valence-electron chi connectivity index (χ1n) is 10.9. The number of hydrogen-bond donors (Lipinski definition) is 1. The number of fused-ring (bicyclic) bond motifs is 1. The largest absolute Gasteiger partial charge is 0.368 e. The van der Waals surface area contributed by atoms with Crippen LogP contribution in [-0.4, -0.2) is 42.1 Å². The minimum atomic E-state index is -0.125. The molecule has 8 heteroatoms. The number of nitrogens with one attached hydrogen (secondary N) is 1. The Hall–Kier alpha value is -2.97. The van der Waals surface area contributed by atoms with Crippen LogP contribution in [0.15, 0.2) is 59.3 Å². The summed E-state index contributed by atoms with van der Waals surface area (Å²) in [6.45, 7) is 7.60. The van der Waals surface area contributed by atoms with E-state index in [1.165, 1.54) is 17.0 Å². The molecule has 5 rings (SSSR count). The van der Waals surface area contributed by atoms with Gasteiger partial charge >= 0.3 is 0 Å². The predicted octanol–water partition coefficient (Wildman–Crippen LogP) is 5.65. The van der Waals surface area contributed by atoms with Crippen LogP contribution in [0.25, 0.3) is 10.2 Å². The maximum absolute atomic E-state index is 13.1. The summed E-state index contributed by atoms with van der Waals surface area (Å²) in [5, 5.41) is 4.01. The number of nitrogens with zero attached hydrogens (tertiary/aromatic N) is 4. The third-order valence-electron chi connectivity index (χ3n) is 5.99. The van der Waals surface area contributed by atoms with Crippen LogP contribution in [-0.2, 0) is 0 Å². The third-order valence-corrected chi connectivity index (χ3v) is 7.84. The van der Waals surface area contributed by atoms with Gasteiger partial charge in [0.15, 0.2) is 0 Å². The van der Waals surface area contributed by atoms with Gasteiger partial charge in [-0.15, -0.1) is 11.3 Å². The molecule has 1 amide bonds. The molecule has 168 valence electrons. The molecule has 3 heterocycles. The third kappa shape index (κ3) is 4.32. The number of halogens is 1. The molecule has 0 aliphatic carbocycles. The molecular weight excluding hydrogens is 498 g/mol. The van der Waals surface area contributed by atoms with E-state index >= 15 is 0 Å². The Balaban J connectivity index is 1.40. The number of rotatable bonds is 4. The lowest BCUT2D eigenvalue weighted by Gasteiger charge is -2.37. The van der Waals surface area contributed by atoms with E-state index in [0.29, 0.717) is 4.88 Å². The molecule has 0 radical (unpaired) electrons. The van der Waals surface area contributed by atoms with E-state index in [2.05, 4.69) is 65.3 Å². The first kappa shape index (κ1) is 21.9. The molecule has 1 N–H and O–H groups in total. The Morgan fingerprint density at radius 3 is 2.45 bits per heavy atom. The number of para-hydroxylation sites is 1. The van der Waals surface area contributed by atoms with E-state index in [1.54, 1.807) is 6.33 Å². The minimum absolute atomic E-state index is 0.125. The van der Waals surface area contributed by atoms with Crippen molar-refractivity contribution in [1.29, 1.82) is 0 Å². The van der Waals surface area contributed by atoms with Crippen molar-refractivity contribution in [3.05, 3.63) is 75.3 Å². The molecule has 0 atom stereocenters. The highest BCUT2D eigenvalue weighted by Crippen LogP contribution is 2.36. The van der Waals surface area contributed by atoms with Crippen molar-refractivity contribution < 1.29 is 4.79 Å². The zero-order valence-corrected chi connectivity index (χ0v) is 20.9. The van der Waals surface area contributed by atoms with Gasteiger partial charge in [-0.1, -0.05) is 24.3 Å². The first-order valence-corrected chi connectivity index (χ1v) is 12.5. The number of aromatic nitrogens is 2. The fraction of sp³-hybridized carbons (Fsp3) is 0.240. The topological polar surface area (TPSA) is 61.4 Å². The number of carbonyl (C=O) groups excluding carboxylic acids is 1. The number of piperazine rings is 1. The standard InChI is InChI=1S/C25H24BrN5OS/c1-16-8-9-20(19(26)14-16)29-24(32)22-17(2)21-23(27-15-28-25(21)33-22)31-12-10-30(11-13-31)18-6-4-3-5-7-18/h3-9,14-15H,10-13H2,1-2H3,(H,29,32). The lowest BCUT2D eigenvalue weighted by atomic mass is 10.1. The molecule has 1 aliphatic rings. The summed E-state index contributed by atoms with van der Waals surface area (Å²) in [4.78, 5) is 28.5. The Bertz CT molecular complexity index is 1320. The summed E-state index contributed by atoms with van der Waals surface area (Å²) in [6, 6.07) is 16.4. The zero-order chi connectivity index (χ0) is 22.9. The second-order valence-electron chi connectivity index (χ2n) is 8.18. The van der Waals surface area contributed by atoms with E-state index < -0.39 is 0 Å². The molecule has 1 saturated heterocycles. The van der Waals surface area contributed by atoms with Crippen LogP contribution in [0.2, 0.25) is 0 Å². The zero-order valence-electron chi connectivity index (χ0n) is 18.5. The van der Waals surface area contributed by atoms with Gasteiger partial charge in [-0.3, -0.25) is 4.79 Å². The summed E-state index contributed by atoms with van der Waals surface area (Å²) in [5.74, 6) is 0.789. The number of aryl methyl sites for hydroxylation is 2. The SMILES string of the molecule is Cc1ccc(NC(=O)c2sc3ncnc(N4CCN(c5ccccc5)CC4)c3c2C)c(Br)c1. The van der Waals surface area contributed by atoms with Crippen LogP contribution in [0.5, 0.6) is 0 Å². The van der Waals surface area contributed by atoms with Gasteiger partial charge < -0.3 is 15.1 Å². The van der Waals surface area contributed by atoms with Gasteiger partial charge in [0.1, 0.15) is 17.0 Å². The molecule has 2 aromatic heterocycles. The average Bonchev–Trinajstić information content (AvgIpc) is 3.18. The monoisotopic (exact) mass is 521 g/mol.